The highest BCUT2D eigenvalue weighted by Gasteiger charge is 2.23. The van der Waals surface area contributed by atoms with Crippen LogP contribution in [0.4, 0.5) is 0 Å². The van der Waals surface area contributed by atoms with E-state index in [0.29, 0.717) is 19.1 Å². The summed E-state index contributed by atoms with van der Waals surface area (Å²) in [5.74, 6) is 0.175. The van der Waals surface area contributed by atoms with Crippen molar-refractivity contribution in [1.29, 1.82) is 0 Å². The number of carbonyl (C=O) groups excluding carboxylic acids is 1. The predicted molar refractivity (Wildman–Crippen MR) is 60.0 cm³/mol. The Morgan fingerprint density at radius 2 is 2.25 bits per heavy atom. The van der Waals surface area contributed by atoms with Gasteiger partial charge in [0.2, 0.25) is 5.91 Å². The van der Waals surface area contributed by atoms with Gasteiger partial charge < -0.3 is 14.7 Å². The molecule has 0 saturated carbocycles. The lowest BCUT2D eigenvalue weighted by Crippen LogP contribution is -2.42. The van der Waals surface area contributed by atoms with Gasteiger partial charge in [0, 0.05) is 26.1 Å². The number of rotatable bonds is 3. The fourth-order valence-corrected chi connectivity index (χ4v) is 2.50. The zero-order valence-electron chi connectivity index (χ0n) is 9.73. The van der Waals surface area contributed by atoms with Crippen molar-refractivity contribution in [3.05, 3.63) is 0 Å². The zero-order valence-corrected chi connectivity index (χ0v) is 9.73. The molecule has 4 nitrogen and oxygen atoms in total. The second-order valence-electron chi connectivity index (χ2n) is 4.81. The van der Waals surface area contributed by atoms with Crippen LogP contribution in [-0.4, -0.2) is 47.8 Å². The van der Waals surface area contributed by atoms with Gasteiger partial charge in [-0.25, -0.2) is 0 Å². The van der Waals surface area contributed by atoms with Crippen LogP contribution in [0.3, 0.4) is 0 Å². The van der Waals surface area contributed by atoms with Gasteiger partial charge in [0.05, 0.1) is 12.2 Å². The number of amides is 1. The number of ether oxygens (including phenoxy) is 1. The Bertz CT molecular complexity index is 238. The third-order valence-electron chi connectivity index (χ3n) is 3.45. The summed E-state index contributed by atoms with van der Waals surface area (Å²) in [4.78, 5) is 13.7. The van der Waals surface area contributed by atoms with Crippen LogP contribution >= 0.6 is 0 Å². The summed E-state index contributed by atoms with van der Waals surface area (Å²) < 4.78 is 5.49. The summed E-state index contributed by atoms with van der Waals surface area (Å²) in [6.45, 7) is 2.17. The maximum atomic E-state index is 11.9. The van der Waals surface area contributed by atoms with Gasteiger partial charge in [-0.2, -0.15) is 0 Å². The lowest BCUT2D eigenvalue weighted by Gasteiger charge is -2.30. The van der Waals surface area contributed by atoms with E-state index in [1.165, 1.54) is 0 Å². The first-order chi connectivity index (χ1) is 7.75. The summed E-state index contributed by atoms with van der Waals surface area (Å²) in [5, 5.41) is 9.49. The van der Waals surface area contributed by atoms with Crippen LogP contribution in [0.2, 0.25) is 0 Å². The minimum Gasteiger partial charge on any atom is -0.391 e. The van der Waals surface area contributed by atoms with Crippen LogP contribution in [0.5, 0.6) is 0 Å². The van der Waals surface area contributed by atoms with Crippen molar-refractivity contribution >= 4 is 5.91 Å². The molecule has 2 rings (SSSR count). The van der Waals surface area contributed by atoms with Crippen LogP contribution in [0.15, 0.2) is 0 Å². The van der Waals surface area contributed by atoms with Crippen LogP contribution in [0, 0.1) is 0 Å². The Kier molecular flexibility index (Phi) is 4.18. The van der Waals surface area contributed by atoms with Crippen molar-refractivity contribution in [2.24, 2.45) is 0 Å². The molecule has 0 spiro atoms. The first-order valence-electron chi connectivity index (χ1n) is 6.33. The highest BCUT2D eigenvalue weighted by molar-refractivity contribution is 5.76. The summed E-state index contributed by atoms with van der Waals surface area (Å²) in [6.07, 6.45) is 5.35. The molecule has 1 N–H and O–H groups in total. The number of carbonyl (C=O) groups is 1. The van der Waals surface area contributed by atoms with E-state index < -0.39 is 0 Å². The van der Waals surface area contributed by atoms with Crippen molar-refractivity contribution in [3.63, 3.8) is 0 Å². The molecule has 4 heteroatoms. The first kappa shape index (κ1) is 11.9. The number of aliphatic hydroxyl groups is 1. The number of piperidine rings is 1. The van der Waals surface area contributed by atoms with E-state index in [0.717, 1.165) is 45.3 Å². The molecule has 0 aromatic rings. The van der Waals surface area contributed by atoms with Crippen molar-refractivity contribution in [2.45, 2.75) is 50.7 Å². The summed E-state index contributed by atoms with van der Waals surface area (Å²) >= 11 is 0. The van der Waals surface area contributed by atoms with Crippen molar-refractivity contribution in [1.82, 2.24) is 4.90 Å². The highest BCUT2D eigenvalue weighted by atomic mass is 16.5. The second kappa shape index (κ2) is 5.64. The van der Waals surface area contributed by atoms with Gasteiger partial charge in [0.15, 0.2) is 0 Å². The molecule has 0 aromatic carbocycles. The minimum atomic E-state index is -0.319. The Morgan fingerprint density at radius 3 is 2.94 bits per heavy atom. The third-order valence-corrected chi connectivity index (χ3v) is 3.45. The van der Waals surface area contributed by atoms with Gasteiger partial charge in [-0.1, -0.05) is 0 Å². The molecule has 0 radical (unpaired) electrons. The molecular weight excluding hydrogens is 206 g/mol. The predicted octanol–water partition coefficient (Wildman–Crippen LogP) is 0.929. The lowest BCUT2D eigenvalue weighted by molar-refractivity contribution is -0.134. The maximum Gasteiger partial charge on any atom is 0.222 e. The number of likely N-dealkylation sites (tertiary alicyclic amines) is 1. The van der Waals surface area contributed by atoms with Crippen molar-refractivity contribution in [2.75, 3.05) is 19.7 Å². The van der Waals surface area contributed by atoms with Crippen molar-refractivity contribution in [3.8, 4) is 0 Å². The van der Waals surface area contributed by atoms with Gasteiger partial charge >= 0.3 is 0 Å². The smallest absolute Gasteiger partial charge is 0.222 e. The molecule has 0 aliphatic carbocycles. The van der Waals surface area contributed by atoms with Crippen molar-refractivity contribution < 1.29 is 14.6 Å². The normalized spacial score (nSPS) is 30.7. The van der Waals surface area contributed by atoms with Crippen LogP contribution in [-0.2, 0) is 9.53 Å². The number of aliphatic hydroxyl groups excluding tert-OH is 1. The molecule has 16 heavy (non-hydrogen) atoms. The molecule has 1 unspecified atom stereocenters. The summed E-state index contributed by atoms with van der Waals surface area (Å²) in [6, 6.07) is 0. The van der Waals surface area contributed by atoms with Gasteiger partial charge in [-0.05, 0) is 32.1 Å². The molecule has 2 saturated heterocycles. The van der Waals surface area contributed by atoms with E-state index in [2.05, 4.69) is 0 Å². The topological polar surface area (TPSA) is 49.8 Å². The van der Waals surface area contributed by atoms with E-state index in [9.17, 15) is 9.90 Å². The Morgan fingerprint density at radius 1 is 1.38 bits per heavy atom. The third kappa shape index (κ3) is 3.19. The second-order valence-corrected chi connectivity index (χ2v) is 4.81. The minimum absolute atomic E-state index is 0.175. The first-order valence-corrected chi connectivity index (χ1v) is 6.33. The number of hydrogen-bond donors (Lipinski definition) is 1. The van der Waals surface area contributed by atoms with E-state index in [4.69, 9.17) is 4.74 Å². The fourth-order valence-electron chi connectivity index (χ4n) is 2.50. The van der Waals surface area contributed by atoms with E-state index in [1.807, 2.05) is 0 Å². The largest absolute Gasteiger partial charge is 0.391 e. The van der Waals surface area contributed by atoms with Crippen LogP contribution in [0.25, 0.3) is 0 Å². The number of β-amino-alcohol motifs (C(OH)–C–C–N with tert-alkyl or cyclic N) is 1. The van der Waals surface area contributed by atoms with Crippen LogP contribution < -0.4 is 0 Å². The Labute approximate surface area is 96.6 Å². The Hall–Kier alpha value is -0.610. The van der Waals surface area contributed by atoms with E-state index in [1.54, 1.807) is 4.90 Å². The SMILES string of the molecule is O=C(CCC1CCCO1)N1CCC[C@H](O)C1. The molecule has 92 valence electrons. The highest BCUT2D eigenvalue weighted by Crippen LogP contribution is 2.18. The summed E-state index contributed by atoms with van der Waals surface area (Å²) in [7, 11) is 0. The zero-order chi connectivity index (χ0) is 11.4. The molecule has 2 heterocycles. The van der Waals surface area contributed by atoms with E-state index >= 15 is 0 Å². The fraction of sp³-hybridized carbons (Fsp3) is 0.917. The van der Waals surface area contributed by atoms with Gasteiger partial charge in [0.25, 0.3) is 0 Å². The van der Waals surface area contributed by atoms with Gasteiger partial charge in [0.1, 0.15) is 0 Å². The molecule has 2 aliphatic rings. The molecular formula is C12H21NO3. The average molecular weight is 227 g/mol. The van der Waals surface area contributed by atoms with Crippen LogP contribution in [0.1, 0.15) is 38.5 Å². The molecule has 0 aromatic heterocycles. The van der Waals surface area contributed by atoms with Gasteiger partial charge in [-0.3, -0.25) is 4.79 Å². The molecule has 0 bridgehead atoms. The maximum absolute atomic E-state index is 11.9. The summed E-state index contributed by atoms with van der Waals surface area (Å²) in [5.41, 5.74) is 0. The Balaban J connectivity index is 1.70. The standard InChI is InChI=1S/C12H21NO3/c14-10-3-1-7-13(9-10)12(15)6-5-11-4-2-8-16-11/h10-11,14H,1-9H2/t10-,11?/m0/s1. The number of hydrogen-bond acceptors (Lipinski definition) is 3. The van der Waals surface area contributed by atoms with Gasteiger partial charge in [-0.15, -0.1) is 0 Å². The lowest BCUT2D eigenvalue weighted by atomic mass is 10.1. The van der Waals surface area contributed by atoms with E-state index in [-0.39, 0.29) is 12.0 Å². The molecule has 2 fully saturated rings. The average Bonchev–Trinajstić information content (AvgIpc) is 2.78. The molecule has 1 amide bonds. The monoisotopic (exact) mass is 227 g/mol. The molecule has 2 atom stereocenters. The number of nitrogens with zero attached hydrogens (tertiary/aromatic N) is 1. The molecule has 2 aliphatic heterocycles. The quantitative estimate of drug-likeness (QED) is 0.780.